The van der Waals surface area contributed by atoms with Crippen LogP contribution in [0.5, 0.6) is 0 Å². The van der Waals surface area contributed by atoms with Crippen LogP contribution in [-0.4, -0.2) is 29.9 Å². The molecule has 0 N–H and O–H groups in total. The lowest BCUT2D eigenvalue weighted by molar-refractivity contribution is 1.05. The number of benzene rings is 7. The average molecular weight is 741 g/mol. The molecule has 0 unspecified atom stereocenters. The third-order valence-corrected chi connectivity index (χ3v) is 10.8. The predicted octanol–water partition coefficient (Wildman–Crippen LogP) is 12.7. The van der Waals surface area contributed by atoms with E-state index in [1.165, 1.54) is 26.9 Å². The summed E-state index contributed by atoms with van der Waals surface area (Å²) in [5.41, 5.74) is 9.78. The first kappa shape index (κ1) is 33.4. The van der Waals surface area contributed by atoms with Crippen molar-refractivity contribution in [3.05, 3.63) is 194 Å². The molecule has 0 fully saturated rings. The van der Waals surface area contributed by atoms with Crippen molar-refractivity contribution >= 4 is 43.2 Å². The van der Waals surface area contributed by atoms with Gasteiger partial charge in [0.05, 0.1) is 11.2 Å². The van der Waals surface area contributed by atoms with Gasteiger partial charge in [-0.1, -0.05) is 133 Å². The van der Waals surface area contributed by atoms with Crippen LogP contribution in [0.15, 0.2) is 194 Å². The van der Waals surface area contributed by atoms with E-state index in [9.17, 15) is 0 Å². The van der Waals surface area contributed by atoms with Crippen molar-refractivity contribution in [2.45, 2.75) is 0 Å². The van der Waals surface area contributed by atoms with Crippen molar-refractivity contribution in [3.8, 4) is 67.9 Å². The van der Waals surface area contributed by atoms with Crippen molar-refractivity contribution in [2.75, 3.05) is 0 Å². The molecular weight excluding hydrogens is 709 g/mol. The number of para-hydroxylation sites is 1. The summed E-state index contributed by atoms with van der Waals surface area (Å²) in [5, 5.41) is 8.31. The fraction of sp³-hybridized carbons (Fsp3) is 0. The number of aromatic nitrogens is 6. The lowest BCUT2D eigenvalue weighted by atomic mass is 9.89. The first-order valence-corrected chi connectivity index (χ1v) is 19.3. The maximum absolute atomic E-state index is 5.34. The molecular formula is C52H32N6. The summed E-state index contributed by atoms with van der Waals surface area (Å²) in [6, 6.07) is 63.4. The van der Waals surface area contributed by atoms with Crippen LogP contribution in [0.25, 0.3) is 111 Å². The van der Waals surface area contributed by atoms with Gasteiger partial charge < -0.3 is 0 Å². The summed E-state index contributed by atoms with van der Waals surface area (Å²) in [5.74, 6) is 1.55. The van der Waals surface area contributed by atoms with Crippen molar-refractivity contribution in [1.29, 1.82) is 0 Å². The van der Waals surface area contributed by atoms with Gasteiger partial charge in [0.1, 0.15) is 11.4 Å². The summed E-state index contributed by atoms with van der Waals surface area (Å²) < 4.78 is 0. The molecule has 0 atom stereocenters. The molecule has 4 heterocycles. The normalized spacial score (nSPS) is 11.4. The Morgan fingerprint density at radius 3 is 1.66 bits per heavy atom. The lowest BCUT2D eigenvalue weighted by Gasteiger charge is -2.17. The van der Waals surface area contributed by atoms with E-state index in [-0.39, 0.29) is 0 Å². The molecule has 0 aliphatic heterocycles. The van der Waals surface area contributed by atoms with Crippen LogP contribution in [0.4, 0.5) is 0 Å². The van der Waals surface area contributed by atoms with Crippen molar-refractivity contribution in [2.24, 2.45) is 0 Å². The molecule has 11 rings (SSSR count). The van der Waals surface area contributed by atoms with Gasteiger partial charge in [0.2, 0.25) is 0 Å². The minimum absolute atomic E-state index is 0.498. The van der Waals surface area contributed by atoms with Crippen molar-refractivity contribution < 1.29 is 0 Å². The minimum Gasteiger partial charge on any atom is -0.253 e. The predicted molar refractivity (Wildman–Crippen MR) is 236 cm³/mol. The summed E-state index contributed by atoms with van der Waals surface area (Å²) in [7, 11) is 0. The topological polar surface area (TPSA) is 77.3 Å². The Balaban J connectivity index is 1.03. The first-order chi connectivity index (χ1) is 28.7. The Kier molecular flexibility index (Phi) is 8.04. The zero-order valence-corrected chi connectivity index (χ0v) is 31.2. The molecule has 0 radical (unpaired) electrons. The van der Waals surface area contributed by atoms with Crippen LogP contribution in [0, 0.1) is 0 Å². The van der Waals surface area contributed by atoms with Gasteiger partial charge >= 0.3 is 0 Å². The van der Waals surface area contributed by atoms with Crippen LogP contribution < -0.4 is 0 Å². The number of rotatable bonds is 6. The highest BCUT2D eigenvalue weighted by molar-refractivity contribution is 6.25. The minimum atomic E-state index is 0.498. The molecule has 7 aromatic carbocycles. The molecule has 6 nitrogen and oxygen atoms in total. The van der Waals surface area contributed by atoms with E-state index in [4.69, 9.17) is 19.9 Å². The van der Waals surface area contributed by atoms with Gasteiger partial charge in [-0.2, -0.15) is 0 Å². The molecule has 270 valence electrons. The Labute approximate surface area is 334 Å². The Bertz CT molecular complexity index is 3270. The maximum Gasteiger partial charge on any atom is 0.182 e. The maximum atomic E-state index is 5.34. The zero-order valence-electron chi connectivity index (χ0n) is 31.2. The molecule has 58 heavy (non-hydrogen) atoms. The number of pyridine rings is 3. The smallest absolute Gasteiger partial charge is 0.182 e. The second-order valence-electron chi connectivity index (χ2n) is 14.3. The summed E-state index contributed by atoms with van der Waals surface area (Å²) >= 11 is 0. The number of hydrogen-bond donors (Lipinski definition) is 0. The second kappa shape index (κ2) is 14.0. The Hall–Kier alpha value is -7.96. The fourth-order valence-electron chi connectivity index (χ4n) is 8.01. The number of nitrogens with zero attached hydrogens (tertiary/aromatic N) is 6. The fourth-order valence-corrected chi connectivity index (χ4v) is 8.01. The molecule has 11 aromatic rings. The summed E-state index contributed by atoms with van der Waals surface area (Å²) in [4.78, 5) is 28.8. The van der Waals surface area contributed by atoms with Gasteiger partial charge in [0.25, 0.3) is 0 Å². The molecule has 0 saturated carbocycles. The largest absolute Gasteiger partial charge is 0.253 e. The van der Waals surface area contributed by atoms with E-state index in [0.717, 1.165) is 55.4 Å². The van der Waals surface area contributed by atoms with Crippen molar-refractivity contribution in [1.82, 2.24) is 29.9 Å². The highest BCUT2D eigenvalue weighted by Gasteiger charge is 2.18. The van der Waals surface area contributed by atoms with E-state index < -0.39 is 0 Å². The van der Waals surface area contributed by atoms with Gasteiger partial charge in [-0.15, -0.1) is 0 Å². The van der Waals surface area contributed by atoms with Gasteiger partial charge in [-0.05, 0) is 92.3 Å². The van der Waals surface area contributed by atoms with Gasteiger partial charge in [-0.25, -0.2) is 19.9 Å². The number of fused-ring (bicyclic) bond motifs is 6. The Morgan fingerprint density at radius 2 is 0.914 bits per heavy atom. The zero-order chi connectivity index (χ0) is 38.4. The van der Waals surface area contributed by atoms with E-state index in [1.54, 1.807) is 12.4 Å². The third kappa shape index (κ3) is 5.92. The third-order valence-electron chi connectivity index (χ3n) is 10.8. The van der Waals surface area contributed by atoms with Gasteiger partial charge in [-0.3, -0.25) is 9.97 Å². The molecule has 6 heteroatoms. The SMILES string of the molecule is c1ccc(-c2nc(-c3ccc(-c4cccc(-c5cc6c(-c7ccc8ccccc8c7)nc7ccccc7c6c6ccccc56)c4)cc3)nc(-c3ccccn3)n2)nc1. The highest BCUT2D eigenvalue weighted by atomic mass is 15.1. The average Bonchev–Trinajstić information content (AvgIpc) is 3.31. The molecule has 0 amide bonds. The number of hydrogen-bond acceptors (Lipinski definition) is 6. The summed E-state index contributed by atoms with van der Waals surface area (Å²) in [6.45, 7) is 0. The molecule has 4 aromatic heterocycles. The molecule has 0 spiro atoms. The van der Waals surface area contributed by atoms with E-state index in [0.29, 0.717) is 28.9 Å². The van der Waals surface area contributed by atoms with Crippen LogP contribution in [0.1, 0.15) is 0 Å². The molecule has 0 aliphatic rings. The summed E-state index contributed by atoms with van der Waals surface area (Å²) in [6.07, 6.45) is 3.48. The monoisotopic (exact) mass is 740 g/mol. The van der Waals surface area contributed by atoms with Crippen LogP contribution >= 0.6 is 0 Å². The molecule has 0 aliphatic carbocycles. The standard InChI is InChI=1S/C52H32N6/c1-2-13-36-31-39(27-24-33(36)12-1)49-44-32-43(40-16-3-4-17-41(40)48(44)42-18-5-6-19-45(42)55-49)38-15-11-14-37(30-38)34-22-25-35(26-23-34)50-56-51(46-20-7-9-28-53-46)58-52(57-50)47-21-8-10-29-54-47/h1-32H. The lowest BCUT2D eigenvalue weighted by Crippen LogP contribution is -2.01. The highest BCUT2D eigenvalue weighted by Crippen LogP contribution is 2.42. The molecule has 0 saturated heterocycles. The quantitative estimate of drug-likeness (QED) is 0.158. The van der Waals surface area contributed by atoms with Crippen LogP contribution in [-0.2, 0) is 0 Å². The van der Waals surface area contributed by atoms with Crippen LogP contribution in [0.3, 0.4) is 0 Å². The van der Waals surface area contributed by atoms with Gasteiger partial charge in [0, 0.05) is 39.7 Å². The Morgan fingerprint density at radius 1 is 0.310 bits per heavy atom. The molecule has 0 bridgehead atoms. The first-order valence-electron chi connectivity index (χ1n) is 19.3. The van der Waals surface area contributed by atoms with E-state index in [1.807, 2.05) is 36.4 Å². The second-order valence-corrected chi connectivity index (χ2v) is 14.3. The van der Waals surface area contributed by atoms with Gasteiger partial charge in [0.15, 0.2) is 17.5 Å². The van der Waals surface area contributed by atoms with E-state index >= 15 is 0 Å². The van der Waals surface area contributed by atoms with Crippen LogP contribution in [0.2, 0.25) is 0 Å². The van der Waals surface area contributed by atoms with Crippen molar-refractivity contribution in [3.63, 3.8) is 0 Å². The van der Waals surface area contributed by atoms with E-state index in [2.05, 4.69) is 156 Å².